The highest BCUT2D eigenvalue weighted by atomic mass is 79.9. The first-order valence-electron chi connectivity index (χ1n) is 5.45. The quantitative estimate of drug-likeness (QED) is 0.877. The highest BCUT2D eigenvalue weighted by molar-refractivity contribution is 9.11. The molecular formula is C12H13Br2NO2. The zero-order valence-electron chi connectivity index (χ0n) is 9.37. The van der Waals surface area contributed by atoms with Crippen LogP contribution in [-0.4, -0.2) is 24.7 Å². The van der Waals surface area contributed by atoms with E-state index in [2.05, 4.69) is 37.2 Å². The maximum atomic E-state index is 12.1. The Kier molecular flexibility index (Phi) is 4.22. The van der Waals surface area contributed by atoms with Crippen LogP contribution in [0.1, 0.15) is 23.7 Å². The first-order chi connectivity index (χ1) is 8.08. The zero-order chi connectivity index (χ0) is 12.4. The van der Waals surface area contributed by atoms with Gasteiger partial charge in [0.2, 0.25) is 0 Å². The molecule has 1 heterocycles. The van der Waals surface area contributed by atoms with Crippen molar-refractivity contribution in [2.75, 3.05) is 6.61 Å². The molecule has 2 unspecified atom stereocenters. The number of ether oxygens (including phenoxy) is 1. The van der Waals surface area contributed by atoms with Gasteiger partial charge < -0.3 is 10.1 Å². The second kappa shape index (κ2) is 5.50. The summed E-state index contributed by atoms with van der Waals surface area (Å²) in [5.41, 5.74) is 0.646. The van der Waals surface area contributed by atoms with Crippen LogP contribution >= 0.6 is 31.9 Å². The molecule has 1 aliphatic heterocycles. The fourth-order valence-electron chi connectivity index (χ4n) is 1.84. The Morgan fingerprint density at radius 3 is 2.82 bits per heavy atom. The summed E-state index contributed by atoms with van der Waals surface area (Å²) < 4.78 is 7.15. The second-order valence-electron chi connectivity index (χ2n) is 4.07. The van der Waals surface area contributed by atoms with E-state index in [1.165, 1.54) is 0 Å². The van der Waals surface area contributed by atoms with E-state index in [9.17, 15) is 4.79 Å². The van der Waals surface area contributed by atoms with Crippen LogP contribution in [0.2, 0.25) is 0 Å². The lowest BCUT2D eigenvalue weighted by molar-refractivity contribution is 0.0865. The van der Waals surface area contributed by atoms with Gasteiger partial charge in [-0.05, 0) is 47.5 Å². The third-order valence-electron chi connectivity index (χ3n) is 2.87. The summed E-state index contributed by atoms with van der Waals surface area (Å²) in [5, 5.41) is 3.00. The van der Waals surface area contributed by atoms with Crippen LogP contribution in [-0.2, 0) is 4.74 Å². The summed E-state index contributed by atoms with van der Waals surface area (Å²) in [6, 6.07) is 5.62. The number of halogens is 2. The first kappa shape index (κ1) is 13.1. The number of hydrogen-bond donors (Lipinski definition) is 1. The van der Waals surface area contributed by atoms with Gasteiger partial charge in [0.15, 0.2) is 0 Å². The zero-order valence-corrected chi connectivity index (χ0v) is 12.5. The molecule has 1 aromatic rings. The van der Waals surface area contributed by atoms with Crippen molar-refractivity contribution < 1.29 is 9.53 Å². The van der Waals surface area contributed by atoms with E-state index in [4.69, 9.17) is 4.74 Å². The normalized spacial score (nSPS) is 23.7. The van der Waals surface area contributed by atoms with E-state index in [0.717, 1.165) is 15.4 Å². The van der Waals surface area contributed by atoms with Crippen molar-refractivity contribution in [3.8, 4) is 0 Å². The molecule has 0 saturated carbocycles. The molecular weight excluding hydrogens is 350 g/mol. The summed E-state index contributed by atoms with van der Waals surface area (Å²) in [5.74, 6) is -0.0632. The molecule has 2 rings (SSSR count). The van der Waals surface area contributed by atoms with Crippen LogP contribution in [0.25, 0.3) is 0 Å². The van der Waals surface area contributed by atoms with Crippen molar-refractivity contribution in [2.24, 2.45) is 0 Å². The van der Waals surface area contributed by atoms with Gasteiger partial charge in [0.25, 0.3) is 5.91 Å². The molecule has 0 aliphatic carbocycles. The van der Waals surface area contributed by atoms with Crippen molar-refractivity contribution in [3.63, 3.8) is 0 Å². The summed E-state index contributed by atoms with van der Waals surface area (Å²) in [4.78, 5) is 12.1. The minimum Gasteiger partial charge on any atom is -0.376 e. The number of carbonyl (C=O) groups is 1. The monoisotopic (exact) mass is 361 g/mol. The van der Waals surface area contributed by atoms with Crippen LogP contribution in [0.3, 0.4) is 0 Å². The molecule has 1 aliphatic rings. The molecule has 1 N–H and O–H groups in total. The van der Waals surface area contributed by atoms with Crippen molar-refractivity contribution >= 4 is 37.8 Å². The standard InChI is InChI=1S/C12H13Br2NO2/c1-7-11(4-5-17-7)15-12(16)9-3-2-8(13)6-10(9)14/h2-3,6-7,11H,4-5H2,1H3,(H,15,16). The van der Waals surface area contributed by atoms with E-state index in [0.29, 0.717) is 12.2 Å². The van der Waals surface area contributed by atoms with Gasteiger partial charge in [-0.1, -0.05) is 15.9 Å². The van der Waals surface area contributed by atoms with Gasteiger partial charge in [0.05, 0.1) is 17.7 Å². The highest BCUT2D eigenvalue weighted by Crippen LogP contribution is 2.22. The van der Waals surface area contributed by atoms with Gasteiger partial charge in [-0.25, -0.2) is 0 Å². The van der Waals surface area contributed by atoms with Crippen molar-refractivity contribution in [3.05, 3.63) is 32.7 Å². The molecule has 0 radical (unpaired) electrons. The van der Waals surface area contributed by atoms with Gasteiger partial charge in [0.1, 0.15) is 0 Å². The van der Waals surface area contributed by atoms with Crippen molar-refractivity contribution in [2.45, 2.75) is 25.5 Å². The Bertz CT molecular complexity index is 437. The Balaban J connectivity index is 2.09. The molecule has 1 aromatic carbocycles. The molecule has 2 atom stereocenters. The molecule has 1 saturated heterocycles. The fourth-order valence-corrected chi connectivity index (χ4v) is 3.07. The van der Waals surface area contributed by atoms with Crippen LogP contribution in [0, 0.1) is 0 Å². The molecule has 17 heavy (non-hydrogen) atoms. The lowest BCUT2D eigenvalue weighted by Gasteiger charge is -2.16. The average Bonchev–Trinajstić information content (AvgIpc) is 2.64. The highest BCUT2D eigenvalue weighted by Gasteiger charge is 2.26. The molecule has 0 aromatic heterocycles. The second-order valence-corrected chi connectivity index (χ2v) is 5.84. The number of hydrogen-bond acceptors (Lipinski definition) is 2. The summed E-state index contributed by atoms with van der Waals surface area (Å²) in [6.45, 7) is 2.70. The molecule has 3 nitrogen and oxygen atoms in total. The van der Waals surface area contributed by atoms with E-state index >= 15 is 0 Å². The SMILES string of the molecule is CC1OCCC1NC(=O)c1ccc(Br)cc1Br. The number of benzene rings is 1. The smallest absolute Gasteiger partial charge is 0.252 e. The molecule has 0 bridgehead atoms. The molecule has 92 valence electrons. The topological polar surface area (TPSA) is 38.3 Å². The molecule has 5 heteroatoms. The van der Waals surface area contributed by atoms with Gasteiger partial charge in [-0.15, -0.1) is 0 Å². The summed E-state index contributed by atoms with van der Waals surface area (Å²) in [7, 11) is 0. The van der Waals surface area contributed by atoms with Gasteiger partial charge in [0, 0.05) is 15.6 Å². The predicted octanol–water partition coefficient (Wildman–Crippen LogP) is 3.12. The summed E-state index contributed by atoms with van der Waals surface area (Å²) >= 11 is 6.75. The lowest BCUT2D eigenvalue weighted by atomic mass is 10.1. The molecule has 0 spiro atoms. The van der Waals surface area contributed by atoms with Gasteiger partial charge in [-0.2, -0.15) is 0 Å². The maximum absolute atomic E-state index is 12.1. The number of nitrogens with one attached hydrogen (secondary N) is 1. The van der Waals surface area contributed by atoms with E-state index in [-0.39, 0.29) is 18.1 Å². The van der Waals surface area contributed by atoms with Gasteiger partial charge >= 0.3 is 0 Å². The van der Waals surface area contributed by atoms with Crippen molar-refractivity contribution in [1.82, 2.24) is 5.32 Å². The molecule has 1 amide bonds. The first-order valence-corrected chi connectivity index (χ1v) is 7.04. The fraction of sp³-hybridized carbons (Fsp3) is 0.417. The number of rotatable bonds is 2. The third kappa shape index (κ3) is 3.09. The number of carbonyl (C=O) groups excluding carboxylic acids is 1. The Morgan fingerprint density at radius 1 is 1.47 bits per heavy atom. The average molecular weight is 363 g/mol. The van der Waals surface area contributed by atoms with Gasteiger partial charge in [-0.3, -0.25) is 4.79 Å². The maximum Gasteiger partial charge on any atom is 0.252 e. The molecule has 1 fully saturated rings. The van der Waals surface area contributed by atoms with Crippen LogP contribution in [0.5, 0.6) is 0 Å². The van der Waals surface area contributed by atoms with Crippen LogP contribution < -0.4 is 5.32 Å². The minimum absolute atomic E-state index is 0.0632. The third-order valence-corrected chi connectivity index (χ3v) is 4.02. The van der Waals surface area contributed by atoms with E-state index < -0.39 is 0 Å². The predicted molar refractivity (Wildman–Crippen MR) is 73.1 cm³/mol. The van der Waals surface area contributed by atoms with E-state index in [1.807, 2.05) is 19.1 Å². The van der Waals surface area contributed by atoms with E-state index in [1.54, 1.807) is 6.07 Å². The minimum atomic E-state index is -0.0632. The van der Waals surface area contributed by atoms with Crippen LogP contribution in [0.15, 0.2) is 27.1 Å². The number of amides is 1. The largest absolute Gasteiger partial charge is 0.376 e. The summed E-state index contributed by atoms with van der Waals surface area (Å²) in [6.07, 6.45) is 0.967. The Morgan fingerprint density at radius 2 is 2.24 bits per heavy atom. The van der Waals surface area contributed by atoms with Crippen LogP contribution in [0.4, 0.5) is 0 Å². The lowest BCUT2D eigenvalue weighted by Crippen LogP contribution is -2.39. The Hall–Kier alpha value is -0.390. The Labute approximate surface area is 117 Å². The van der Waals surface area contributed by atoms with Crippen molar-refractivity contribution in [1.29, 1.82) is 0 Å².